The van der Waals surface area contributed by atoms with Crippen molar-refractivity contribution in [2.75, 3.05) is 13.2 Å². The zero-order chi connectivity index (χ0) is 19.1. The average molecular weight is 382 g/mol. The summed E-state index contributed by atoms with van der Waals surface area (Å²) in [6.07, 6.45) is 0.860. The Hall–Kier alpha value is -2.63. The zero-order valence-electron chi connectivity index (χ0n) is 15.2. The van der Waals surface area contributed by atoms with E-state index in [9.17, 15) is 8.42 Å². The molecule has 0 radical (unpaired) electrons. The highest BCUT2D eigenvalue weighted by Gasteiger charge is 2.14. The number of benzene rings is 3. The van der Waals surface area contributed by atoms with Gasteiger partial charge in [-0.05, 0) is 48.7 Å². The first-order chi connectivity index (χ1) is 13.0. The SMILES string of the molecule is Cc1ccc(S(=O)(=O)OCCOc2ccc(Cc3ccccc3)cc2)cc1. The summed E-state index contributed by atoms with van der Waals surface area (Å²) >= 11 is 0. The Labute approximate surface area is 160 Å². The first-order valence-electron chi connectivity index (χ1n) is 8.75. The maximum Gasteiger partial charge on any atom is 0.297 e. The zero-order valence-corrected chi connectivity index (χ0v) is 16.0. The molecule has 5 heteroatoms. The lowest BCUT2D eigenvalue weighted by Crippen LogP contribution is -2.13. The molecule has 27 heavy (non-hydrogen) atoms. The molecule has 4 nitrogen and oxygen atoms in total. The van der Waals surface area contributed by atoms with Gasteiger partial charge < -0.3 is 4.74 Å². The molecular formula is C22H22O4S. The van der Waals surface area contributed by atoms with Crippen LogP contribution in [-0.4, -0.2) is 21.6 Å². The van der Waals surface area contributed by atoms with Gasteiger partial charge in [-0.25, -0.2) is 0 Å². The lowest BCUT2D eigenvalue weighted by molar-refractivity contribution is 0.221. The lowest BCUT2D eigenvalue weighted by Gasteiger charge is -2.09. The number of hydrogen-bond donors (Lipinski definition) is 0. The van der Waals surface area contributed by atoms with Crippen LogP contribution >= 0.6 is 0 Å². The maximum atomic E-state index is 12.1. The van der Waals surface area contributed by atoms with Crippen LogP contribution in [0.2, 0.25) is 0 Å². The van der Waals surface area contributed by atoms with E-state index in [4.69, 9.17) is 8.92 Å². The number of aryl methyl sites for hydroxylation is 1. The Morgan fingerprint density at radius 2 is 1.37 bits per heavy atom. The number of hydrogen-bond acceptors (Lipinski definition) is 4. The van der Waals surface area contributed by atoms with Crippen LogP contribution in [0.25, 0.3) is 0 Å². The molecule has 0 heterocycles. The van der Waals surface area contributed by atoms with E-state index in [1.165, 1.54) is 23.3 Å². The van der Waals surface area contributed by atoms with Gasteiger partial charge in [-0.1, -0.05) is 60.2 Å². The van der Waals surface area contributed by atoms with Crippen molar-refractivity contribution in [1.29, 1.82) is 0 Å². The third kappa shape index (κ3) is 5.67. The fourth-order valence-corrected chi connectivity index (χ4v) is 3.50. The monoisotopic (exact) mass is 382 g/mol. The Morgan fingerprint density at radius 1 is 0.741 bits per heavy atom. The van der Waals surface area contributed by atoms with Crippen LogP contribution in [0.4, 0.5) is 0 Å². The van der Waals surface area contributed by atoms with Crippen molar-refractivity contribution < 1.29 is 17.3 Å². The summed E-state index contributed by atoms with van der Waals surface area (Å²) < 4.78 is 34.8. The Kier molecular flexibility index (Phi) is 6.27. The van der Waals surface area contributed by atoms with Crippen molar-refractivity contribution in [2.45, 2.75) is 18.2 Å². The van der Waals surface area contributed by atoms with Gasteiger partial charge in [0.15, 0.2) is 0 Å². The van der Waals surface area contributed by atoms with Crippen LogP contribution in [0, 0.1) is 6.92 Å². The molecule has 0 saturated carbocycles. The molecule has 0 aliphatic rings. The van der Waals surface area contributed by atoms with Crippen molar-refractivity contribution in [1.82, 2.24) is 0 Å². The van der Waals surface area contributed by atoms with Crippen molar-refractivity contribution >= 4 is 10.1 Å². The van der Waals surface area contributed by atoms with E-state index in [0.717, 1.165) is 12.0 Å². The summed E-state index contributed by atoms with van der Waals surface area (Å²) in [7, 11) is -3.75. The van der Waals surface area contributed by atoms with Crippen molar-refractivity contribution in [2.24, 2.45) is 0 Å². The Balaban J connectivity index is 1.47. The highest BCUT2D eigenvalue weighted by molar-refractivity contribution is 7.86. The smallest absolute Gasteiger partial charge is 0.297 e. The van der Waals surface area contributed by atoms with Gasteiger partial charge in [0.2, 0.25) is 0 Å². The van der Waals surface area contributed by atoms with Crippen LogP contribution < -0.4 is 4.74 Å². The van der Waals surface area contributed by atoms with Crippen molar-refractivity contribution in [3.63, 3.8) is 0 Å². The topological polar surface area (TPSA) is 52.6 Å². The van der Waals surface area contributed by atoms with E-state index < -0.39 is 10.1 Å². The third-order valence-electron chi connectivity index (χ3n) is 4.07. The van der Waals surface area contributed by atoms with Crippen molar-refractivity contribution in [3.8, 4) is 5.75 Å². The largest absolute Gasteiger partial charge is 0.491 e. The van der Waals surface area contributed by atoms with Gasteiger partial charge in [0, 0.05) is 0 Å². The summed E-state index contributed by atoms with van der Waals surface area (Å²) in [6, 6.07) is 24.6. The van der Waals surface area contributed by atoms with Gasteiger partial charge in [0.05, 0.1) is 4.90 Å². The first-order valence-corrected chi connectivity index (χ1v) is 10.2. The van der Waals surface area contributed by atoms with Gasteiger partial charge in [0.1, 0.15) is 19.0 Å². The van der Waals surface area contributed by atoms with Gasteiger partial charge in [-0.15, -0.1) is 0 Å². The molecule has 3 aromatic rings. The molecule has 0 fully saturated rings. The molecule has 0 aromatic heterocycles. The maximum absolute atomic E-state index is 12.1. The highest BCUT2D eigenvalue weighted by Crippen LogP contribution is 2.16. The summed E-state index contributed by atoms with van der Waals surface area (Å²) in [5.74, 6) is 0.683. The van der Waals surface area contributed by atoms with Gasteiger partial charge >= 0.3 is 0 Å². The van der Waals surface area contributed by atoms with E-state index in [2.05, 4.69) is 12.1 Å². The molecule has 0 spiro atoms. The second-order valence-corrected chi connectivity index (χ2v) is 7.86. The number of rotatable bonds is 8. The molecule has 0 aliphatic carbocycles. The Morgan fingerprint density at radius 3 is 2.04 bits per heavy atom. The van der Waals surface area contributed by atoms with Gasteiger partial charge in [-0.2, -0.15) is 8.42 Å². The second-order valence-electron chi connectivity index (χ2n) is 6.24. The van der Waals surface area contributed by atoms with Crippen molar-refractivity contribution in [3.05, 3.63) is 95.6 Å². The minimum absolute atomic E-state index is 0.0397. The summed E-state index contributed by atoms with van der Waals surface area (Å²) in [5, 5.41) is 0. The molecule has 0 bridgehead atoms. The summed E-state index contributed by atoms with van der Waals surface area (Å²) in [6.45, 7) is 2.02. The minimum atomic E-state index is -3.75. The molecule has 0 N–H and O–H groups in total. The van der Waals surface area contributed by atoms with E-state index >= 15 is 0 Å². The fraction of sp³-hybridized carbons (Fsp3) is 0.182. The van der Waals surface area contributed by atoms with E-state index in [1.807, 2.05) is 49.4 Å². The molecule has 0 atom stereocenters. The molecule has 3 aromatic carbocycles. The van der Waals surface area contributed by atoms with Crippen LogP contribution in [0.3, 0.4) is 0 Å². The van der Waals surface area contributed by atoms with Crippen LogP contribution in [-0.2, 0) is 20.7 Å². The first kappa shape index (κ1) is 19.1. The number of ether oxygens (including phenoxy) is 1. The van der Waals surface area contributed by atoms with Crippen LogP contribution in [0.1, 0.15) is 16.7 Å². The predicted octanol–water partition coefficient (Wildman–Crippen LogP) is 4.37. The lowest BCUT2D eigenvalue weighted by atomic mass is 10.1. The molecular weight excluding hydrogens is 360 g/mol. The predicted molar refractivity (Wildman–Crippen MR) is 106 cm³/mol. The molecule has 140 valence electrons. The molecule has 0 saturated heterocycles. The minimum Gasteiger partial charge on any atom is -0.491 e. The third-order valence-corrected chi connectivity index (χ3v) is 5.40. The average Bonchev–Trinajstić information content (AvgIpc) is 2.68. The summed E-state index contributed by atoms with van der Waals surface area (Å²) in [5.41, 5.74) is 3.43. The van der Waals surface area contributed by atoms with E-state index in [1.54, 1.807) is 12.1 Å². The molecule has 0 unspecified atom stereocenters. The van der Waals surface area contributed by atoms with Gasteiger partial charge in [0.25, 0.3) is 10.1 Å². The van der Waals surface area contributed by atoms with Gasteiger partial charge in [-0.3, -0.25) is 4.18 Å². The highest BCUT2D eigenvalue weighted by atomic mass is 32.2. The van der Waals surface area contributed by atoms with E-state index in [-0.39, 0.29) is 18.1 Å². The molecule has 0 amide bonds. The standard InChI is InChI=1S/C22H22O4S/c1-18-7-13-22(14-8-18)27(23,24)26-16-15-25-21-11-9-20(10-12-21)17-19-5-3-2-4-6-19/h2-14H,15-17H2,1H3. The molecule has 0 aliphatic heterocycles. The Bertz CT molecular complexity index is 947. The quantitative estimate of drug-likeness (QED) is 0.429. The van der Waals surface area contributed by atoms with Crippen LogP contribution in [0.5, 0.6) is 5.75 Å². The van der Waals surface area contributed by atoms with E-state index in [0.29, 0.717) is 5.75 Å². The fourth-order valence-electron chi connectivity index (χ4n) is 2.61. The summed E-state index contributed by atoms with van der Waals surface area (Å²) in [4.78, 5) is 0.151. The normalized spacial score (nSPS) is 11.3. The molecule has 3 rings (SSSR count). The second kappa shape index (κ2) is 8.84. The van der Waals surface area contributed by atoms with Crippen LogP contribution in [0.15, 0.2) is 83.8 Å².